The van der Waals surface area contributed by atoms with Crippen LogP contribution in [0.2, 0.25) is 0 Å². The molecule has 0 aliphatic carbocycles. The maximum atomic E-state index is 11.3. The molecule has 3 N–H and O–H groups in total. The number of hydrogen-bond donors (Lipinski definition) is 2. The molecule has 1 atom stereocenters. The minimum atomic E-state index is -0.380. The van der Waals surface area contributed by atoms with Gasteiger partial charge in [0.2, 0.25) is 0 Å². The number of furan rings is 1. The van der Waals surface area contributed by atoms with E-state index in [1.54, 1.807) is 6.07 Å². The van der Waals surface area contributed by atoms with Crippen molar-refractivity contribution in [2.24, 2.45) is 11.8 Å². The van der Waals surface area contributed by atoms with Crippen LogP contribution in [0.3, 0.4) is 0 Å². The maximum Gasteiger partial charge on any atom is 0.300 e. The summed E-state index contributed by atoms with van der Waals surface area (Å²) in [5.41, 5.74) is 3.14. The van der Waals surface area contributed by atoms with Crippen LogP contribution in [0, 0.1) is 12.8 Å². The Balaban J connectivity index is 2.06. The molecule has 5 nitrogen and oxygen atoms in total. The van der Waals surface area contributed by atoms with Gasteiger partial charge >= 0.3 is 5.91 Å². The van der Waals surface area contributed by atoms with Crippen molar-refractivity contribution in [2.45, 2.75) is 26.8 Å². The summed E-state index contributed by atoms with van der Waals surface area (Å²) in [7, 11) is 0. The summed E-state index contributed by atoms with van der Waals surface area (Å²) < 4.78 is 5.39. The zero-order valence-corrected chi connectivity index (χ0v) is 10.3. The first-order valence-electron chi connectivity index (χ1n) is 5.92. The molecule has 1 fully saturated rings. The second-order valence-corrected chi connectivity index (χ2v) is 4.79. The van der Waals surface area contributed by atoms with Crippen molar-refractivity contribution in [1.29, 1.82) is 0 Å². The van der Waals surface area contributed by atoms with Crippen molar-refractivity contribution in [1.82, 2.24) is 10.3 Å². The van der Waals surface area contributed by atoms with E-state index in [2.05, 4.69) is 17.2 Å². The van der Waals surface area contributed by atoms with Crippen molar-refractivity contribution in [3.05, 3.63) is 23.2 Å². The molecule has 2 rings (SSSR count). The molecule has 94 valence electrons. The average Bonchev–Trinajstić information content (AvgIpc) is 2.86. The molecule has 1 aliphatic heterocycles. The summed E-state index contributed by atoms with van der Waals surface area (Å²) in [6.07, 6.45) is 1.24. The average molecular weight is 237 g/mol. The van der Waals surface area contributed by atoms with Gasteiger partial charge < -0.3 is 4.42 Å². The number of nitrogens with two attached hydrogens (primary N) is 1. The molecular weight excluding hydrogens is 218 g/mol. The van der Waals surface area contributed by atoms with E-state index in [1.807, 2.05) is 6.92 Å². The fourth-order valence-corrected chi connectivity index (χ4v) is 2.27. The molecule has 2 heterocycles. The molecule has 1 saturated heterocycles. The number of nitrogen functional groups attached to an aromatic ring is 1. The Labute approximate surface area is 101 Å². The highest BCUT2D eigenvalue weighted by Crippen LogP contribution is 2.21. The summed E-state index contributed by atoms with van der Waals surface area (Å²) in [5.74, 6) is 6.53. The Morgan fingerprint density at radius 3 is 3.06 bits per heavy atom. The fraction of sp³-hybridized carbons (Fsp3) is 0.583. The van der Waals surface area contributed by atoms with E-state index in [0.717, 1.165) is 36.9 Å². The smallest absolute Gasteiger partial charge is 0.300 e. The zero-order chi connectivity index (χ0) is 12.4. The van der Waals surface area contributed by atoms with Crippen LogP contribution in [-0.4, -0.2) is 23.9 Å². The van der Waals surface area contributed by atoms with Crippen LogP contribution in [0.1, 0.15) is 35.2 Å². The summed E-state index contributed by atoms with van der Waals surface area (Å²) in [5, 5.41) is 0. The minimum absolute atomic E-state index is 0.284. The SMILES string of the molecule is Cc1oc(C(=O)NN)cc1CN1CCC(C)C1. The molecule has 0 bridgehead atoms. The summed E-state index contributed by atoms with van der Waals surface area (Å²) >= 11 is 0. The summed E-state index contributed by atoms with van der Waals surface area (Å²) in [4.78, 5) is 13.7. The highest BCUT2D eigenvalue weighted by Gasteiger charge is 2.21. The predicted molar refractivity (Wildman–Crippen MR) is 64.2 cm³/mol. The molecule has 1 amide bonds. The Bertz CT molecular complexity index is 414. The van der Waals surface area contributed by atoms with Gasteiger partial charge in [-0.25, -0.2) is 5.84 Å². The van der Waals surface area contributed by atoms with E-state index in [9.17, 15) is 4.79 Å². The fourth-order valence-electron chi connectivity index (χ4n) is 2.27. The Kier molecular flexibility index (Phi) is 3.49. The standard InChI is InChI=1S/C12H19N3O2/c1-8-3-4-15(6-8)7-10-5-11(12(16)14-13)17-9(10)2/h5,8H,3-4,6-7,13H2,1-2H3,(H,14,16). The van der Waals surface area contributed by atoms with E-state index < -0.39 is 0 Å². The molecule has 1 unspecified atom stereocenters. The van der Waals surface area contributed by atoms with Crippen molar-refractivity contribution >= 4 is 5.91 Å². The molecule has 1 aromatic rings. The third-order valence-corrected chi connectivity index (χ3v) is 3.28. The third-order valence-electron chi connectivity index (χ3n) is 3.28. The van der Waals surface area contributed by atoms with Crippen molar-refractivity contribution < 1.29 is 9.21 Å². The van der Waals surface area contributed by atoms with Gasteiger partial charge in [0.25, 0.3) is 0 Å². The molecule has 5 heteroatoms. The van der Waals surface area contributed by atoms with Gasteiger partial charge in [-0.1, -0.05) is 6.92 Å². The van der Waals surface area contributed by atoms with Crippen LogP contribution >= 0.6 is 0 Å². The van der Waals surface area contributed by atoms with E-state index in [4.69, 9.17) is 10.3 Å². The van der Waals surface area contributed by atoms with Gasteiger partial charge in [0.05, 0.1) is 0 Å². The number of hydrogen-bond acceptors (Lipinski definition) is 4. The third kappa shape index (κ3) is 2.68. The van der Waals surface area contributed by atoms with E-state index in [0.29, 0.717) is 0 Å². The van der Waals surface area contributed by atoms with E-state index in [1.165, 1.54) is 6.42 Å². The number of aryl methyl sites for hydroxylation is 1. The van der Waals surface area contributed by atoms with Gasteiger partial charge in [-0.3, -0.25) is 15.1 Å². The summed E-state index contributed by atoms with van der Waals surface area (Å²) in [6, 6.07) is 1.78. The number of carbonyl (C=O) groups excluding carboxylic acids is 1. The molecular formula is C12H19N3O2. The predicted octanol–water partition coefficient (Wildman–Crippen LogP) is 1.03. The molecule has 1 aliphatic rings. The van der Waals surface area contributed by atoms with Crippen LogP contribution in [0.25, 0.3) is 0 Å². The quantitative estimate of drug-likeness (QED) is 0.468. The number of carbonyl (C=O) groups is 1. The van der Waals surface area contributed by atoms with Crippen LogP contribution in [0.5, 0.6) is 0 Å². The molecule has 1 aromatic heterocycles. The topological polar surface area (TPSA) is 71.5 Å². The number of nitrogens with zero attached hydrogens (tertiary/aromatic N) is 1. The summed E-state index contributed by atoms with van der Waals surface area (Å²) in [6.45, 7) is 7.21. The number of nitrogens with one attached hydrogen (secondary N) is 1. The lowest BCUT2D eigenvalue weighted by Gasteiger charge is -2.13. The highest BCUT2D eigenvalue weighted by molar-refractivity contribution is 5.91. The molecule has 0 spiro atoms. The minimum Gasteiger partial charge on any atom is -0.456 e. The van der Waals surface area contributed by atoms with E-state index in [-0.39, 0.29) is 11.7 Å². The first-order valence-corrected chi connectivity index (χ1v) is 5.92. The second-order valence-electron chi connectivity index (χ2n) is 4.79. The first kappa shape index (κ1) is 12.1. The lowest BCUT2D eigenvalue weighted by molar-refractivity contribution is 0.0924. The lowest BCUT2D eigenvalue weighted by Crippen LogP contribution is -2.29. The highest BCUT2D eigenvalue weighted by atomic mass is 16.4. The van der Waals surface area contributed by atoms with Crippen molar-refractivity contribution in [3.8, 4) is 0 Å². The maximum absolute atomic E-state index is 11.3. The number of likely N-dealkylation sites (tertiary alicyclic amines) is 1. The van der Waals surface area contributed by atoms with Gasteiger partial charge in [0.1, 0.15) is 5.76 Å². The zero-order valence-electron chi connectivity index (χ0n) is 10.3. The van der Waals surface area contributed by atoms with Crippen LogP contribution in [0.15, 0.2) is 10.5 Å². The second kappa shape index (κ2) is 4.89. The van der Waals surface area contributed by atoms with Gasteiger partial charge in [-0.05, 0) is 31.9 Å². The largest absolute Gasteiger partial charge is 0.456 e. The van der Waals surface area contributed by atoms with Gasteiger partial charge in [0, 0.05) is 18.7 Å². The van der Waals surface area contributed by atoms with E-state index >= 15 is 0 Å². The van der Waals surface area contributed by atoms with Crippen LogP contribution in [0.4, 0.5) is 0 Å². The Hall–Kier alpha value is -1.33. The normalized spacial score (nSPS) is 20.8. The number of rotatable bonds is 3. The Morgan fingerprint density at radius 1 is 1.71 bits per heavy atom. The molecule has 0 radical (unpaired) electrons. The van der Waals surface area contributed by atoms with Crippen molar-refractivity contribution in [2.75, 3.05) is 13.1 Å². The number of amides is 1. The van der Waals surface area contributed by atoms with Crippen LogP contribution < -0.4 is 11.3 Å². The van der Waals surface area contributed by atoms with Gasteiger partial charge in [0.15, 0.2) is 5.76 Å². The monoisotopic (exact) mass is 237 g/mol. The van der Waals surface area contributed by atoms with Crippen LogP contribution in [-0.2, 0) is 6.54 Å². The Morgan fingerprint density at radius 2 is 2.47 bits per heavy atom. The number of hydrazine groups is 1. The first-order chi connectivity index (χ1) is 8.10. The molecule has 0 saturated carbocycles. The van der Waals surface area contributed by atoms with Crippen molar-refractivity contribution in [3.63, 3.8) is 0 Å². The molecule has 0 aromatic carbocycles. The van der Waals surface area contributed by atoms with Gasteiger partial charge in [-0.2, -0.15) is 0 Å². The lowest BCUT2D eigenvalue weighted by atomic mass is 10.2. The molecule has 17 heavy (non-hydrogen) atoms. The van der Waals surface area contributed by atoms with Gasteiger partial charge in [-0.15, -0.1) is 0 Å².